The number of anilines is 1. The zero-order valence-electron chi connectivity index (χ0n) is 15.1. The van der Waals surface area contributed by atoms with Crippen LogP contribution in [-0.2, 0) is 6.42 Å². The van der Waals surface area contributed by atoms with Crippen LogP contribution < -0.4 is 4.90 Å². The first-order valence-electron chi connectivity index (χ1n) is 9.21. The van der Waals surface area contributed by atoms with Crippen molar-refractivity contribution in [1.82, 2.24) is 19.7 Å². The van der Waals surface area contributed by atoms with Crippen LogP contribution in [0, 0.1) is 0 Å². The van der Waals surface area contributed by atoms with Crippen molar-refractivity contribution in [2.24, 2.45) is 0 Å². The number of nitrogens with zero attached hydrogens (tertiary/aromatic N) is 5. The highest BCUT2D eigenvalue weighted by molar-refractivity contribution is 5.76. The third-order valence-corrected chi connectivity index (χ3v) is 5.03. The van der Waals surface area contributed by atoms with E-state index in [9.17, 15) is 0 Å². The van der Waals surface area contributed by atoms with Crippen molar-refractivity contribution in [3.63, 3.8) is 0 Å². The Kier molecular flexibility index (Phi) is 4.19. The van der Waals surface area contributed by atoms with Crippen LogP contribution in [0.2, 0.25) is 0 Å². The first kappa shape index (κ1) is 16.1. The number of para-hydroxylation sites is 2. The smallest absolute Gasteiger partial charge is 0.324 e. The first-order valence-corrected chi connectivity index (χ1v) is 9.21. The first-order chi connectivity index (χ1) is 12.2. The molecule has 0 saturated carbocycles. The SMILES string of the molecule is CCc1nc2ccccc2n1C1CCN(c2nc(C(C)C)no2)CC1. The lowest BCUT2D eigenvalue weighted by Gasteiger charge is -2.32. The Morgan fingerprint density at radius 1 is 1.16 bits per heavy atom. The van der Waals surface area contributed by atoms with Gasteiger partial charge in [-0.3, -0.25) is 0 Å². The van der Waals surface area contributed by atoms with E-state index in [1.165, 1.54) is 11.3 Å². The van der Waals surface area contributed by atoms with E-state index in [-0.39, 0.29) is 0 Å². The van der Waals surface area contributed by atoms with Crippen molar-refractivity contribution in [3.8, 4) is 0 Å². The van der Waals surface area contributed by atoms with Crippen molar-refractivity contribution >= 4 is 17.0 Å². The van der Waals surface area contributed by atoms with Crippen LogP contribution in [-0.4, -0.2) is 32.8 Å². The Morgan fingerprint density at radius 2 is 1.92 bits per heavy atom. The van der Waals surface area contributed by atoms with Crippen LogP contribution in [0.1, 0.15) is 57.2 Å². The van der Waals surface area contributed by atoms with E-state index in [4.69, 9.17) is 9.51 Å². The topological polar surface area (TPSA) is 60.0 Å². The molecule has 3 aromatic rings. The normalized spacial score (nSPS) is 16.2. The summed E-state index contributed by atoms with van der Waals surface area (Å²) < 4.78 is 7.90. The van der Waals surface area contributed by atoms with Crippen molar-refractivity contribution in [3.05, 3.63) is 35.9 Å². The summed E-state index contributed by atoms with van der Waals surface area (Å²) in [7, 11) is 0. The van der Waals surface area contributed by atoms with Gasteiger partial charge in [0.1, 0.15) is 5.82 Å². The zero-order chi connectivity index (χ0) is 17.4. The summed E-state index contributed by atoms with van der Waals surface area (Å²) in [5.41, 5.74) is 2.35. The van der Waals surface area contributed by atoms with Crippen molar-refractivity contribution in [2.45, 2.75) is 52.0 Å². The lowest BCUT2D eigenvalue weighted by Crippen LogP contribution is -2.35. The van der Waals surface area contributed by atoms with Gasteiger partial charge in [-0.2, -0.15) is 4.98 Å². The summed E-state index contributed by atoms with van der Waals surface area (Å²) in [5, 5.41) is 4.09. The van der Waals surface area contributed by atoms with Crippen LogP contribution in [0.4, 0.5) is 6.01 Å². The molecule has 0 amide bonds. The molecule has 1 saturated heterocycles. The lowest BCUT2D eigenvalue weighted by atomic mass is 10.0. The van der Waals surface area contributed by atoms with E-state index in [2.05, 4.69) is 64.6 Å². The van der Waals surface area contributed by atoms with Gasteiger partial charge in [-0.15, -0.1) is 0 Å². The maximum atomic E-state index is 5.45. The largest absolute Gasteiger partial charge is 0.325 e. The fourth-order valence-corrected chi connectivity index (χ4v) is 3.66. The van der Waals surface area contributed by atoms with Gasteiger partial charge in [-0.25, -0.2) is 4.98 Å². The van der Waals surface area contributed by atoms with Gasteiger partial charge in [-0.05, 0) is 25.0 Å². The zero-order valence-corrected chi connectivity index (χ0v) is 15.1. The molecule has 0 radical (unpaired) electrons. The van der Waals surface area contributed by atoms with Crippen LogP contribution in [0.5, 0.6) is 0 Å². The van der Waals surface area contributed by atoms with E-state index in [1.54, 1.807) is 0 Å². The molecule has 0 spiro atoms. The number of benzene rings is 1. The second-order valence-electron chi connectivity index (χ2n) is 7.05. The molecule has 1 aliphatic heterocycles. The van der Waals surface area contributed by atoms with E-state index in [0.29, 0.717) is 18.0 Å². The Labute approximate surface area is 147 Å². The average Bonchev–Trinajstić information content (AvgIpc) is 3.26. The molecule has 1 aromatic carbocycles. The number of fused-ring (bicyclic) bond motifs is 1. The molecule has 0 unspecified atom stereocenters. The standard InChI is InChI=1S/C19H25N5O/c1-4-17-20-15-7-5-6-8-16(15)24(17)14-9-11-23(12-10-14)19-21-18(13(2)3)22-25-19/h5-8,13-14H,4,9-12H2,1-3H3. The summed E-state index contributed by atoms with van der Waals surface area (Å²) in [6.07, 6.45) is 3.08. The maximum Gasteiger partial charge on any atom is 0.324 e. The number of hydrogen-bond donors (Lipinski definition) is 0. The highest BCUT2D eigenvalue weighted by Crippen LogP contribution is 2.30. The van der Waals surface area contributed by atoms with E-state index in [1.807, 2.05) is 0 Å². The molecule has 4 rings (SSSR count). The Hall–Kier alpha value is -2.37. The van der Waals surface area contributed by atoms with Gasteiger partial charge >= 0.3 is 6.01 Å². The minimum absolute atomic E-state index is 0.291. The molecule has 132 valence electrons. The van der Waals surface area contributed by atoms with Gasteiger partial charge in [0.15, 0.2) is 5.82 Å². The Bertz CT molecular complexity index is 858. The number of rotatable bonds is 4. The highest BCUT2D eigenvalue weighted by atomic mass is 16.5. The fourth-order valence-electron chi connectivity index (χ4n) is 3.66. The fraction of sp³-hybridized carbons (Fsp3) is 0.526. The minimum atomic E-state index is 0.291. The molecule has 6 nitrogen and oxygen atoms in total. The number of piperidine rings is 1. The van der Waals surface area contributed by atoms with Crippen molar-refractivity contribution < 1.29 is 4.52 Å². The highest BCUT2D eigenvalue weighted by Gasteiger charge is 2.26. The summed E-state index contributed by atoms with van der Waals surface area (Å²) in [6.45, 7) is 8.20. The second-order valence-corrected chi connectivity index (χ2v) is 7.05. The van der Waals surface area contributed by atoms with E-state index in [0.717, 1.165) is 43.7 Å². The minimum Gasteiger partial charge on any atom is -0.325 e. The van der Waals surface area contributed by atoms with Gasteiger partial charge < -0.3 is 14.0 Å². The summed E-state index contributed by atoms with van der Waals surface area (Å²) in [4.78, 5) is 11.6. The van der Waals surface area contributed by atoms with Gasteiger partial charge in [0.25, 0.3) is 0 Å². The van der Waals surface area contributed by atoms with E-state index >= 15 is 0 Å². The third-order valence-electron chi connectivity index (χ3n) is 5.03. The number of hydrogen-bond acceptors (Lipinski definition) is 5. The Morgan fingerprint density at radius 3 is 2.60 bits per heavy atom. The number of aromatic nitrogens is 4. The van der Waals surface area contributed by atoms with Crippen LogP contribution in [0.15, 0.2) is 28.8 Å². The molecule has 0 bridgehead atoms. The molecular formula is C19H25N5O. The van der Waals surface area contributed by atoms with Crippen LogP contribution in [0.25, 0.3) is 11.0 Å². The average molecular weight is 339 g/mol. The second kappa shape index (κ2) is 6.50. The van der Waals surface area contributed by atoms with Crippen LogP contribution in [0.3, 0.4) is 0 Å². The molecule has 6 heteroatoms. The van der Waals surface area contributed by atoms with Gasteiger partial charge in [0.2, 0.25) is 0 Å². The maximum absolute atomic E-state index is 5.45. The van der Waals surface area contributed by atoms with Gasteiger partial charge in [0, 0.05) is 31.5 Å². The molecule has 1 fully saturated rings. The third kappa shape index (κ3) is 2.90. The predicted octanol–water partition coefficient (Wildman–Crippen LogP) is 3.95. The lowest BCUT2D eigenvalue weighted by molar-refractivity contribution is 0.357. The van der Waals surface area contributed by atoms with Gasteiger partial charge in [0.05, 0.1) is 11.0 Å². The van der Waals surface area contributed by atoms with E-state index < -0.39 is 0 Å². The monoisotopic (exact) mass is 339 g/mol. The summed E-state index contributed by atoms with van der Waals surface area (Å²) in [5.74, 6) is 2.25. The molecule has 0 N–H and O–H groups in total. The number of imidazole rings is 1. The summed E-state index contributed by atoms with van der Waals surface area (Å²) in [6, 6.07) is 9.58. The molecule has 25 heavy (non-hydrogen) atoms. The van der Waals surface area contributed by atoms with Crippen LogP contribution >= 0.6 is 0 Å². The molecule has 1 aliphatic rings. The summed E-state index contributed by atoms with van der Waals surface area (Å²) >= 11 is 0. The van der Waals surface area contributed by atoms with Crippen molar-refractivity contribution in [1.29, 1.82) is 0 Å². The molecule has 0 atom stereocenters. The molecular weight excluding hydrogens is 314 g/mol. The van der Waals surface area contributed by atoms with Crippen molar-refractivity contribution in [2.75, 3.05) is 18.0 Å². The molecule has 3 heterocycles. The quantitative estimate of drug-likeness (QED) is 0.720. The predicted molar refractivity (Wildman–Crippen MR) is 98.0 cm³/mol. The Balaban J connectivity index is 1.54. The van der Waals surface area contributed by atoms with Gasteiger partial charge in [-0.1, -0.05) is 38.1 Å². The molecule has 2 aromatic heterocycles. The number of aryl methyl sites for hydroxylation is 1. The molecule has 0 aliphatic carbocycles.